The van der Waals surface area contributed by atoms with Gasteiger partial charge in [-0.15, -0.1) is 0 Å². The molecule has 2 heterocycles. The quantitative estimate of drug-likeness (QED) is 0.672. The lowest BCUT2D eigenvalue weighted by atomic mass is 10.1. The van der Waals surface area contributed by atoms with Crippen LogP contribution in [0.1, 0.15) is 31.9 Å². The van der Waals surface area contributed by atoms with E-state index in [-0.39, 0.29) is 18.1 Å². The number of carbonyl (C=O) groups is 1. The van der Waals surface area contributed by atoms with E-state index >= 15 is 0 Å². The monoisotopic (exact) mass is 441 g/mol. The standard InChI is InChI=1S/C25H32ClN3O2/c1-18(2)31-24-9-8-22(26)15-21(24)16-27-10-12-28(13-11-27)17-25(30)29-19(3)14-20-6-4-5-7-23(20)29/h4-9,15,18-19H,10-14,16-17H2,1-3H3/t19-/m1/s1. The molecule has 31 heavy (non-hydrogen) atoms. The molecular formula is C25H32ClN3O2. The van der Waals surface area contributed by atoms with Gasteiger partial charge < -0.3 is 9.64 Å². The number of halogens is 1. The van der Waals surface area contributed by atoms with Gasteiger partial charge in [-0.2, -0.15) is 0 Å². The van der Waals surface area contributed by atoms with Crippen LogP contribution in [0.25, 0.3) is 0 Å². The van der Waals surface area contributed by atoms with Gasteiger partial charge in [-0.05, 0) is 57.0 Å². The first-order valence-corrected chi connectivity index (χ1v) is 11.6. The molecule has 0 spiro atoms. The molecule has 2 aromatic carbocycles. The zero-order chi connectivity index (χ0) is 22.0. The fourth-order valence-corrected chi connectivity index (χ4v) is 4.79. The summed E-state index contributed by atoms with van der Waals surface area (Å²) in [6.07, 6.45) is 1.07. The molecule has 1 amide bonds. The molecule has 4 rings (SSSR count). The van der Waals surface area contributed by atoms with Gasteiger partial charge in [-0.25, -0.2) is 0 Å². The Balaban J connectivity index is 1.33. The number of fused-ring (bicyclic) bond motifs is 1. The van der Waals surface area contributed by atoms with Gasteiger partial charge in [0.15, 0.2) is 0 Å². The highest BCUT2D eigenvalue weighted by Gasteiger charge is 2.31. The van der Waals surface area contributed by atoms with Gasteiger partial charge in [0.2, 0.25) is 5.91 Å². The van der Waals surface area contributed by atoms with E-state index in [0.29, 0.717) is 6.54 Å². The highest BCUT2D eigenvalue weighted by molar-refractivity contribution is 6.30. The summed E-state index contributed by atoms with van der Waals surface area (Å²) in [7, 11) is 0. The summed E-state index contributed by atoms with van der Waals surface area (Å²) in [4.78, 5) is 19.8. The Morgan fingerprint density at radius 1 is 1.10 bits per heavy atom. The minimum absolute atomic E-state index is 0.126. The molecule has 1 saturated heterocycles. The van der Waals surface area contributed by atoms with E-state index in [1.54, 1.807) is 0 Å². The van der Waals surface area contributed by atoms with Crippen LogP contribution in [-0.2, 0) is 17.8 Å². The second-order valence-electron chi connectivity index (χ2n) is 8.92. The molecule has 0 N–H and O–H groups in total. The van der Waals surface area contributed by atoms with E-state index in [9.17, 15) is 4.79 Å². The number of amides is 1. The third kappa shape index (κ3) is 5.22. The van der Waals surface area contributed by atoms with Gasteiger partial charge in [0, 0.05) is 55.0 Å². The molecule has 0 radical (unpaired) electrons. The third-order valence-corrected chi connectivity index (χ3v) is 6.31. The van der Waals surface area contributed by atoms with Crippen molar-refractivity contribution in [1.29, 1.82) is 0 Å². The number of para-hydroxylation sites is 1. The molecule has 1 atom stereocenters. The van der Waals surface area contributed by atoms with Crippen molar-refractivity contribution < 1.29 is 9.53 Å². The lowest BCUT2D eigenvalue weighted by Gasteiger charge is -2.35. The molecule has 166 valence electrons. The Bertz CT molecular complexity index is 925. The summed E-state index contributed by atoms with van der Waals surface area (Å²) in [5.74, 6) is 1.10. The van der Waals surface area contributed by atoms with E-state index < -0.39 is 0 Å². The first-order chi connectivity index (χ1) is 14.9. The topological polar surface area (TPSA) is 36.0 Å². The summed E-state index contributed by atoms with van der Waals surface area (Å²) >= 11 is 6.24. The van der Waals surface area contributed by atoms with Crippen LogP contribution >= 0.6 is 11.6 Å². The van der Waals surface area contributed by atoms with Crippen LogP contribution in [-0.4, -0.2) is 60.6 Å². The van der Waals surface area contributed by atoms with E-state index in [1.165, 1.54) is 5.56 Å². The molecule has 2 aromatic rings. The summed E-state index contributed by atoms with van der Waals surface area (Å²) in [5, 5.41) is 0.732. The Morgan fingerprint density at radius 3 is 2.55 bits per heavy atom. The number of hydrogen-bond donors (Lipinski definition) is 0. The summed E-state index contributed by atoms with van der Waals surface area (Å²) in [5.41, 5.74) is 3.47. The lowest BCUT2D eigenvalue weighted by molar-refractivity contribution is -0.120. The fraction of sp³-hybridized carbons (Fsp3) is 0.480. The molecule has 0 aromatic heterocycles. The van der Waals surface area contributed by atoms with Crippen molar-refractivity contribution in [2.75, 3.05) is 37.6 Å². The smallest absolute Gasteiger partial charge is 0.241 e. The number of benzene rings is 2. The summed E-state index contributed by atoms with van der Waals surface area (Å²) in [6, 6.07) is 14.3. The first kappa shape index (κ1) is 22.1. The van der Waals surface area contributed by atoms with Crippen molar-refractivity contribution in [3.63, 3.8) is 0 Å². The van der Waals surface area contributed by atoms with Crippen molar-refractivity contribution in [2.24, 2.45) is 0 Å². The van der Waals surface area contributed by atoms with Crippen LogP contribution in [0, 0.1) is 0 Å². The number of ether oxygens (including phenoxy) is 1. The van der Waals surface area contributed by atoms with E-state index in [1.807, 2.05) is 43.0 Å². The molecule has 2 aliphatic rings. The number of rotatable bonds is 6. The van der Waals surface area contributed by atoms with Crippen LogP contribution < -0.4 is 9.64 Å². The maximum atomic E-state index is 13.1. The SMILES string of the molecule is CC(C)Oc1ccc(Cl)cc1CN1CCN(CC(=O)N2c3ccccc3C[C@H]2C)CC1. The normalized spacial score (nSPS) is 19.6. The molecular weight excluding hydrogens is 410 g/mol. The molecule has 0 aliphatic carbocycles. The maximum absolute atomic E-state index is 13.1. The predicted octanol–water partition coefficient (Wildman–Crippen LogP) is 4.22. The van der Waals surface area contributed by atoms with Gasteiger partial charge in [-0.3, -0.25) is 14.6 Å². The van der Waals surface area contributed by atoms with E-state index in [4.69, 9.17) is 16.3 Å². The minimum Gasteiger partial charge on any atom is -0.491 e. The molecule has 6 heteroatoms. The highest BCUT2D eigenvalue weighted by Crippen LogP contribution is 2.32. The van der Waals surface area contributed by atoms with Crippen LogP contribution in [0.3, 0.4) is 0 Å². The second-order valence-corrected chi connectivity index (χ2v) is 9.35. The van der Waals surface area contributed by atoms with Crippen LogP contribution in [0.2, 0.25) is 5.02 Å². The number of nitrogens with zero attached hydrogens (tertiary/aromatic N) is 3. The zero-order valence-corrected chi connectivity index (χ0v) is 19.4. The van der Waals surface area contributed by atoms with E-state index in [0.717, 1.165) is 61.2 Å². The second kappa shape index (κ2) is 9.60. The van der Waals surface area contributed by atoms with Crippen molar-refractivity contribution >= 4 is 23.2 Å². The molecule has 0 unspecified atom stereocenters. The molecule has 5 nitrogen and oxygen atoms in total. The third-order valence-electron chi connectivity index (χ3n) is 6.08. The molecule has 0 saturated carbocycles. The highest BCUT2D eigenvalue weighted by atomic mass is 35.5. The summed E-state index contributed by atoms with van der Waals surface area (Å²) < 4.78 is 5.97. The zero-order valence-electron chi connectivity index (χ0n) is 18.7. The van der Waals surface area contributed by atoms with Crippen molar-refractivity contribution in [2.45, 2.75) is 45.9 Å². The van der Waals surface area contributed by atoms with Gasteiger partial charge in [0.25, 0.3) is 0 Å². The Morgan fingerprint density at radius 2 is 1.81 bits per heavy atom. The number of piperazine rings is 1. The average molecular weight is 442 g/mol. The Kier molecular flexibility index (Phi) is 6.85. The number of hydrogen-bond acceptors (Lipinski definition) is 4. The average Bonchev–Trinajstić information content (AvgIpc) is 3.07. The lowest BCUT2D eigenvalue weighted by Crippen LogP contribution is -2.50. The van der Waals surface area contributed by atoms with Crippen molar-refractivity contribution in [3.8, 4) is 5.75 Å². The largest absolute Gasteiger partial charge is 0.491 e. The first-order valence-electron chi connectivity index (χ1n) is 11.2. The Hall–Kier alpha value is -2.08. The van der Waals surface area contributed by atoms with E-state index in [2.05, 4.69) is 34.9 Å². The van der Waals surface area contributed by atoms with Crippen molar-refractivity contribution in [1.82, 2.24) is 9.80 Å². The molecule has 1 fully saturated rings. The van der Waals surface area contributed by atoms with Gasteiger partial charge >= 0.3 is 0 Å². The van der Waals surface area contributed by atoms with Gasteiger partial charge in [0.05, 0.1) is 12.6 Å². The summed E-state index contributed by atoms with van der Waals surface area (Å²) in [6.45, 7) is 11.1. The number of anilines is 1. The number of carbonyl (C=O) groups excluding carboxylic acids is 1. The maximum Gasteiger partial charge on any atom is 0.241 e. The van der Waals surface area contributed by atoms with Crippen LogP contribution in [0.4, 0.5) is 5.69 Å². The molecule has 2 aliphatic heterocycles. The van der Waals surface area contributed by atoms with Crippen molar-refractivity contribution in [3.05, 3.63) is 58.6 Å². The molecule has 0 bridgehead atoms. The van der Waals surface area contributed by atoms with Gasteiger partial charge in [0.1, 0.15) is 5.75 Å². The predicted molar refractivity (Wildman–Crippen MR) is 126 cm³/mol. The van der Waals surface area contributed by atoms with Gasteiger partial charge in [-0.1, -0.05) is 29.8 Å². The minimum atomic E-state index is 0.126. The van der Waals surface area contributed by atoms with Crippen LogP contribution in [0.15, 0.2) is 42.5 Å². The Labute approximate surface area is 190 Å². The fourth-order valence-electron chi connectivity index (χ4n) is 4.60. The van der Waals surface area contributed by atoms with Crippen LogP contribution in [0.5, 0.6) is 5.75 Å².